The molecule has 2 aromatic rings. The smallest absolute Gasteiger partial charge is 0.338 e. The Morgan fingerprint density at radius 2 is 2.11 bits per heavy atom. The Bertz CT molecular complexity index is 1190. The molecule has 0 radical (unpaired) electrons. The first-order chi connectivity index (χ1) is 17.3. The normalized spacial score (nSPS) is 20.7. The molecule has 1 amide bonds. The predicted octanol–water partition coefficient (Wildman–Crippen LogP) is 3.79. The van der Waals surface area contributed by atoms with Crippen LogP contribution in [0.4, 0.5) is 4.39 Å². The Labute approximate surface area is 218 Å². The second-order valence-corrected chi connectivity index (χ2v) is 9.88. The molecular formula is C25H29ClFN5O3S. The molecule has 3 heterocycles. The zero-order valence-electron chi connectivity index (χ0n) is 20.5. The van der Waals surface area contributed by atoms with Crippen molar-refractivity contribution in [2.75, 3.05) is 32.8 Å². The van der Waals surface area contributed by atoms with E-state index >= 15 is 0 Å². The highest BCUT2D eigenvalue weighted by Gasteiger charge is 2.36. The monoisotopic (exact) mass is 533 g/mol. The van der Waals surface area contributed by atoms with E-state index in [0.29, 0.717) is 48.3 Å². The van der Waals surface area contributed by atoms with E-state index in [2.05, 4.69) is 22.1 Å². The fraction of sp³-hybridized carbons (Fsp3) is 0.440. The minimum absolute atomic E-state index is 0.0581. The number of halogens is 2. The van der Waals surface area contributed by atoms with Gasteiger partial charge in [-0.3, -0.25) is 14.7 Å². The molecule has 2 aliphatic heterocycles. The number of carbonyl (C=O) groups is 2. The highest BCUT2D eigenvalue weighted by molar-refractivity contribution is 7.11. The molecule has 2 aliphatic rings. The van der Waals surface area contributed by atoms with Gasteiger partial charge in [0, 0.05) is 62.0 Å². The van der Waals surface area contributed by atoms with E-state index in [-0.39, 0.29) is 29.2 Å². The lowest BCUT2D eigenvalue weighted by Crippen LogP contribution is -2.55. The highest BCUT2D eigenvalue weighted by atomic mass is 35.5. The van der Waals surface area contributed by atoms with Crippen molar-refractivity contribution in [2.45, 2.75) is 39.3 Å². The SMILES string of the molecule is CCOC(=O)C1=C(CN2CCN(C(C)=O)[C@H](CC)C2)NC(c2nccs2)=N[C@H]1c1cccc(F)c1Cl. The topological polar surface area (TPSA) is 87.1 Å². The van der Waals surface area contributed by atoms with Crippen LogP contribution in [0.1, 0.15) is 43.8 Å². The van der Waals surface area contributed by atoms with Crippen molar-refractivity contribution in [3.8, 4) is 0 Å². The summed E-state index contributed by atoms with van der Waals surface area (Å²) in [6.07, 6.45) is 2.49. The number of nitrogens with one attached hydrogen (secondary N) is 1. The molecule has 1 fully saturated rings. The summed E-state index contributed by atoms with van der Waals surface area (Å²) in [6, 6.07) is 3.69. The maximum Gasteiger partial charge on any atom is 0.338 e. The van der Waals surface area contributed by atoms with Crippen molar-refractivity contribution in [3.63, 3.8) is 0 Å². The third-order valence-electron chi connectivity index (χ3n) is 6.36. The summed E-state index contributed by atoms with van der Waals surface area (Å²) in [4.78, 5) is 38.6. The number of hydrogen-bond acceptors (Lipinski definition) is 8. The highest BCUT2D eigenvalue weighted by Crippen LogP contribution is 2.37. The molecule has 0 aliphatic carbocycles. The maximum atomic E-state index is 14.5. The average molecular weight is 534 g/mol. The van der Waals surface area contributed by atoms with Crippen molar-refractivity contribution in [1.29, 1.82) is 0 Å². The van der Waals surface area contributed by atoms with Gasteiger partial charge in [0.2, 0.25) is 5.91 Å². The molecule has 192 valence electrons. The number of carbonyl (C=O) groups excluding carboxylic acids is 2. The average Bonchev–Trinajstić information content (AvgIpc) is 3.40. The molecule has 0 unspecified atom stereocenters. The van der Waals surface area contributed by atoms with Crippen molar-refractivity contribution in [3.05, 3.63) is 62.5 Å². The molecular weight excluding hydrogens is 505 g/mol. The van der Waals surface area contributed by atoms with Gasteiger partial charge in [-0.05, 0) is 19.4 Å². The number of rotatable bonds is 7. The maximum absolute atomic E-state index is 14.5. The van der Waals surface area contributed by atoms with Crippen LogP contribution < -0.4 is 5.32 Å². The number of aromatic nitrogens is 1. The minimum atomic E-state index is -0.872. The van der Waals surface area contributed by atoms with Crippen LogP contribution in [-0.4, -0.2) is 71.3 Å². The Kier molecular flexibility index (Phi) is 8.38. The molecule has 0 spiro atoms. The Hall–Kier alpha value is -2.82. The number of ether oxygens (including phenoxy) is 1. The summed E-state index contributed by atoms with van der Waals surface area (Å²) < 4.78 is 19.9. The number of hydrogen-bond donors (Lipinski definition) is 1. The fourth-order valence-electron chi connectivity index (χ4n) is 4.63. The molecule has 1 aromatic carbocycles. The first-order valence-electron chi connectivity index (χ1n) is 11.9. The molecule has 0 bridgehead atoms. The lowest BCUT2D eigenvalue weighted by Gasteiger charge is -2.41. The fourth-order valence-corrected chi connectivity index (χ4v) is 5.44. The van der Waals surface area contributed by atoms with Gasteiger partial charge in [-0.1, -0.05) is 30.7 Å². The van der Waals surface area contributed by atoms with Crippen LogP contribution in [0, 0.1) is 5.82 Å². The second-order valence-electron chi connectivity index (χ2n) is 8.61. The number of nitrogens with zero attached hydrogens (tertiary/aromatic N) is 4. The summed E-state index contributed by atoms with van der Waals surface area (Å²) in [6.45, 7) is 7.85. The standard InChI is InChI=1S/C25H29ClFN5O3S/c1-4-16-13-31(10-11-32(16)15(3)33)14-19-20(25(34)35-5-2)22(17-7-6-8-18(27)21(17)26)30-23(29-19)24-28-9-12-36-24/h6-9,12,16,22H,4-5,10-11,13-14H2,1-3H3,(H,29,30)/t16-,22+/m1/s1. The van der Waals surface area contributed by atoms with Crippen molar-refractivity contribution < 1.29 is 18.7 Å². The second kappa shape index (κ2) is 11.5. The Balaban J connectivity index is 1.77. The van der Waals surface area contributed by atoms with Crippen molar-refractivity contribution in [2.24, 2.45) is 4.99 Å². The van der Waals surface area contributed by atoms with Gasteiger partial charge in [-0.15, -0.1) is 11.3 Å². The number of aliphatic imine (C=N–C) groups is 1. The lowest BCUT2D eigenvalue weighted by atomic mass is 9.95. The van der Waals surface area contributed by atoms with E-state index in [1.165, 1.54) is 17.4 Å². The summed E-state index contributed by atoms with van der Waals surface area (Å²) in [5.74, 6) is -0.591. The summed E-state index contributed by atoms with van der Waals surface area (Å²) in [7, 11) is 0. The van der Waals surface area contributed by atoms with Crippen LogP contribution in [0.15, 0.2) is 46.0 Å². The third kappa shape index (κ3) is 5.45. The van der Waals surface area contributed by atoms with Crippen LogP contribution in [-0.2, 0) is 14.3 Å². The number of esters is 1. The molecule has 1 aromatic heterocycles. The summed E-state index contributed by atoms with van der Waals surface area (Å²) in [5, 5.41) is 5.70. The zero-order valence-corrected chi connectivity index (χ0v) is 22.0. The Morgan fingerprint density at radius 3 is 2.78 bits per heavy atom. The van der Waals surface area contributed by atoms with Crippen LogP contribution in [0.25, 0.3) is 0 Å². The molecule has 1 N–H and O–H groups in total. The lowest BCUT2D eigenvalue weighted by molar-refractivity contribution is -0.139. The van der Waals surface area contributed by atoms with Gasteiger partial charge in [-0.2, -0.15) is 0 Å². The van der Waals surface area contributed by atoms with Crippen LogP contribution in [0.5, 0.6) is 0 Å². The molecule has 2 atom stereocenters. The number of benzene rings is 1. The third-order valence-corrected chi connectivity index (χ3v) is 7.54. The van der Waals surface area contributed by atoms with E-state index in [1.54, 1.807) is 32.2 Å². The van der Waals surface area contributed by atoms with E-state index in [4.69, 9.17) is 21.3 Å². The van der Waals surface area contributed by atoms with E-state index in [0.717, 1.165) is 6.42 Å². The van der Waals surface area contributed by atoms with E-state index < -0.39 is 17.8 Å². The van der Waals surface area contributed by atoms with Gasteiger partial charge in [0.1, 0.15) is 11.9 Å². The van der Waals surface area contributed by atoms with Gasteiger partial charge in [0.25, 0.3) is 0 Å². The minimum Gasteiger partial charge on any atom is -0.463 e. The molecule has 1 saturated heterocycles. The zero-order chi connectivity index (χ0) is 25.8. The Morgan fingerprint density at radius 1 is 1.31 bits per heavy atom. The summed E-state index contributed by atoms with van der Waals surface area (Å²) >= 11 is 7.77. The van der Waals surface area contributed by atoms with Crippen LogP contribution in [0.2, 0.25) is 5.02 Å². The predicted molar refractivity (Wildman–Crippen MR) is 138 cm³/mol. The number of thiazole rings is 1. The summed E-state index contributed by atoms with van der Waals surface area (Å²) in [5.41, 5.74) is 1.26. The van der Waals surface area contributed by atoms with Crippen molar-refractivity contribution in [1.82, 2.24) is 20.1 Å². The quantitative estimate of drug-likeness (QED) is 0.545. The van der Waals surface area contributed by atoms with E-state index in [1.807, 2.05) is 10.3 Å². The molecule has 4 rings (SSSR count). The first kappa shape index (κ1) is 26.2. The van der Waals surface area contributed by atoms with Gasteiger partial charge in [0.15, 0.2) is 10.8 Å². The van der Waals surface area contributed by atoms with Crippen molar-refractivity contribution >= 4 is 40.6 Å². The largest absolute Gasteiger partial charge is 0.463 e. The molecule has 0 saturated carbocycles. The van der Waals surface area contributed by atoms with Gasteiger partial charge in [0.05, 0.1) is 17.2 Å². The van der Waals surface area contributed by atoms with Gasteiger partial charge < -0.3 is 15.0 Å². The van der Waals surface area contributed by atoms with Gasteiger partial charge >= 0.3 is 5.97 Å². The van der Waals surface area contributed by atoms with Crippen LogP contribution in [0.3, 0.4) is 0 Å². The molecule has 8 nitrogen and oxygen atoms in total. The molecule has 36 heavy (non-hydrogen) atoms. The van der Waals surface area contributed by atoms with Gasteiger partial charge in [-0.25, -0.2) is 14.2 Å². The first-order valence-corrected chi connectivity index (χ1v) is 13.2. The molecule has 11 heteroatoms. The van der Waals surface area contributed by atoms with Crippen LogP contribution >= 0.6 is 22.9 Å². The van der Waals surface area contributed by atoms with E-state index in [9.17, 15) is 14.0 Å². The number of piperazine rings is 1. The number of amides is 1. The number of amidine groups is 1.